The quantitative estimate of drug-likeness (QED) is 0.756. The van der Waals surface area contributed by atoms with Crippen LogP contribution in [-0.4, -0.2) is 35.1 Å². The number of aryl methyl sites for hydroxylation is 1. The number of nitrogens with two attached hydrogens (primary N) is 1. The molecule has 1 aromatic rings. The summed E-state index contributed by atoms with van der Waals surface area (Å²) in [7, 11) is 0. The SMILES string of the molecule is Cc1ncc(NC2CCOC2)c(C(N)=O)n1. The Hall–Kier alpha value is -1.69. The molecule has 1 amide bonds. The number of nitrogens with zero attached hydrogens (tertiary/aromatic N) is 2. The van der Waals surface area contributed by atoms with Crippen LogP contribution in [0.1, 0.15) is 22.7 Å². The predicted octanol–water partition coefficient (Wildman–Crippen LogP) is 0.0847. The number of aromatic nitrogens is 2. The van der Waals surface area contributed by atoms with Gasteiger partial charge in [0.1, 0.15) is 5.82 Å². The Labute approximate surface area is 93.2 Å². The second kappa shape index (κ2) is 4.44. The largest absolute Gasteiger partial charge is 0.379 e. The topological polar surface area (TPSA) is 90.1 Å². The van der Waals surface area contributed by atoms with Crippen LogP contribution in [0.4, 0.5) is 5.69 Å². The molecule has 1 fully saturated rings. The molecule has 0 spiro atoms. The van der Waals surface area contributed by atoms with Crippen LogP contribution >= 0.6 is 0 Å². The lowest BCUT2D eigenvalue weighted by Crippen LogP contribution is -2.24. The number of nitrogens with one attached hydrogen (secondary N) is 1. The zero-order chi connectivity index (χ0) is 11.5. The molecule has 2 rings (SSSR count). The van der Waals surface area contributed by atoms with Crippen molar-refractivity contribution in [3.05, 3.63) is 17.7 Å². The van der Waals surface area contributed by atoms with Gasteiger partial charge in [-0.15, -0.1) is 0 Å². The fourth-order valence-corrected chi connectivity index (χ4v) is 1.63. The van der Waals surface area contributed by atoms with Gasteiger partial charge in [0.25, 0.3) is 5.91 Å². The average Bonchev–Trinajstić information content (AvgIpc) is 2.73. The van der Waals surface area contributed by atoms with E-state index in [-0.39, 0.29) is 11.7 Å². The number of carbonyl (C=O) groups excluding carboxylic acids is 1. The van der Waals surface area contributed by atoms with Gasteiger partial charge in [0.2, 0.25) is 0 Å². The zero-order valence-electron chi connectivity index (χ0n) is 9.06. The normalized spacial score (nSPS) is 19.7. The Balaban J connectivity index is 2.21. The number of ether oxygens (including phenoxy) is 1. The molecule has 3 N–H and O–H groups in total. The molecule has 1 unspecified atom stereocenters. The van der Waals surface area contributed by atoms with Crippen LogP contribution in [-0.2, 0) is 4.74 Å². The molecule has 0 aliphatic carbocycles. The van der Waals surface area contributed by atoms with Crippen molar-refractivity contribution < 1.29 is 9.53 Å². The summed E-state index contributed by atoms with van der Waals surface area (Å²) in [6, 6.07) is 0.199. The van der Waals surface area contributed by atoms with Gasteiger partial charge >= 0.3 is 0 Å². The van der Waals surface area contributed by atoms with Gasteiger partial charge in [0.15, 0.2) is 5.69 Å². The van der Waals surface area contributed by atoms with Gasteiger partial charge in [-0.05, 0) is 13.3 Å². The first-order valence-electron chi connectivity index (χ1n) is 5.14. The zero-order valence-corrected chi connectivity index (χ0v) is 9.06. The predicted molar refractivity (Wildman–Crippen MR) is 58.1 cm³/mol. The van der Waals surface area contributed by atoms with Crippen molar-refractivity contribution in [3.8, 4) is 0 Å². The molecule has 1 atom stereocenters. The summed E-state index contributed by atoms with van der Waals surface area (Å²) in [6.07, 6.45) is 2.49. The number of primary amides is 1. The Kier molecular flexibility index (Phi) is 3.00. The second-order valence-electron chi connectivity index (χ2n) is 3.75. The lowest BCUT2D eigenvalue weighted by atomic mass is 10.2. The first-order valence-corrected chi connectivity index (χ1v) is 5.14. The van der Waals surface area contributed by atoms with E-state index < -0.39 is 5.91 Å². The van der Waals surface area contributed by atoms with Crippen LogP contribution < -0.4 is 11.1 Å². The minimum atomic E-state index is -0.549. The van der Waals surface area contributed by atoms with E-state index in [1.54, 1.807) is 13.1 Å². The Morgan fingerprint density at radius 3 is 3.12 bits per heavy atom. The van der Waals surface area contributed by atoms with Crippen LogP contribution in [0.2, 0.25) is 0 Å². The third kappa shape index (κ3) is 2.27. The first kappa shape index (κ1) is 10.8. The molecule has 1 saturated heterocycles. The van der Waals surface area contributed by atoms with Crippen molar-refractivity contribution in [1.82, 2.24) is 9.97 Å². The molecule has 16 heavy (non-hydrogen) atoms. The van der Waals surface area contributed by atoms with Gasteiger partial charge in [0.05, 0.1) is 24.5 Å². The maximum absolute atomic E-state index is 11.2. The fourth-order valence-electron chi connectivity index (χ4n) is 1.63. The molecule has 86 valence electrons. The minimum absolute atomic E-state index is 0.199. The first-order chi connectivity index (χ1) is 7.66. The van der Waals surface area contributed by atoms with Crippen molar-refractivity contribution in [2.24, 2.45) is 5.73 Å². The monoisotopic (exact) mass is 222 g/mol. The van der Waals surface area contributed by atoms with E-state index in [4.69, 9.17) is 10.5 Å². The third-order valence-electron chi connectivity index (χ3n) is 2.43. The molecule has 2 heterocycles. The summed E-state index contributed by atoms with van der Waals surface area (Å²) >= 11 is 0. The summed E-state index contributed by atoms with van der Waals surface area (Å²) in [5, 5.41) is 3.17. The van der Waals surface area contributed by atoms with Crippen LogP contribution in [0, 0.1) is 6.92 Å². The molecule has 0 radical (unpaired) electrons. The van der Waals surface area contributed by atoms with Crippen LogP contribution in [0.3, 0.4) is 0 Å². The number of carbonyl (C=O) groups is 1. The highest BCUT2D eigenvalue weighted by atomic mass is 16.5. The molecule has 0 bridgehead atoms. The maximum atomic E-state index is 11.2. The molecule has 6 nitrogen and oxygen atoms in total. The van der Waals surface area contributed by atoms with Crippen LogP contribution in [0.25, 0.3) is 0 Å². The van der Waals surface area contributed by atoms with Gasteiger partial charge in [0, 0.05) is 6.61 Å². The number of amides is 1. The summed E-state index contributed by atoms with van der Waals surface area (Å²) in [5.74, 6) is -0.0195. The van der Waals surface area contributed by atoms with Crippen molar-refractivity contribution in [2.75, 3.05) is 18.5 Å². The Bertz CT molecular complexity index is 402. The summed E-state index contributed by atoms with van der Waals surface area (Å²) in [6.45, 7) is 3.08. The number of hydrogen-bond donors (Lipinski definition) is 2. The van der Waals surface area contributed by atoms with Gasteiger partial charge in [-0.3, -0.25) is 4.79 Å². The summed E-state index contributed by atoms with van der Waals surface area (Å²) in [5.41, 5.74) is 6.07. The Morgan fingerprint density at radius 1 is 1.69 bits per heavy atom. The highest BCUT2D eigenvalue weighted by Crippen LogP contribution is 2.16. The average molecular weight is 222 g/mol. The lowest BCUT2D eigenvalue weighted by molar-refractivity contribution is 0.0996. The van der Waals surface area contributed by atoms with Crippen molar-refractivity contribution in [1.29, 1.82) is 0 Å². The number of hydrogen-bond acceptors (Lipinski definition) is 5. The lowest BCUT2D eigenvalue weighted by Gasteiger charge is -2.13. The summed E-state index contributed by atoms with van der Waals surface area (Å²) in [4.78, 5) is 19.3. The van der Waals surface area contributed by atoms with Gasteiger partial charge < -0.3 is 15.8 Å². The molecule has 0 aromatic carbocycles. The van der Waals surface area contributed by atoms with E-state index >= 15 is 0 Å². The second-order valence-corrected chi connectivity index (χ2v) is 3.75. The molecule has 6 heteroatoms. The van der Waals surface area contributed by atoms with E-state index in [0.29, 0.717) is 18.1 Å². The molecular formula is C10H14N4O2. The molecular weight excluding hydrogens is 208 g/mol. The van der Waals surface area contributed by atoms with E-state index in [2.05, 4.69) is 15.3 Å². The molecule has 1 aliphatic rings. The number of anilines is 1. The van der Waals surface area contributed by atoms with Crippen molar-refractivity contribution in [3.63, 3.8) is 0 Å². The molecule has 0 saturated carbocycles. The highest BCUT2D eigenvalue weighted by molar-refractivity contribution is 5.96. The smallest absolute Gasteiger partial charge is 0.269 e. The van der Waals surface area contributed by atoms with E-state index in [1.807, 2.05) is 0 Å². The standard InChI is InChI=1S/C10H14N4O2/c1-6-12-4-8(9(13-6)10(11)15)14-7-2-3-16-5-7/h4,7,14H,2-3,5H2,1H3,(H2,11,15). The fraction of sp³-hybridized carbons (Fsp3) is 0.500. The van der Waals surface area contributed by atoms with Crippen LogP contribution in [0.5, 0.6) is 0 Å². The highest BCUT2D eigenvalue weighted by Gasteiger charge is 2.19. The molecule has 1 aliphatic heterocycles. The number of rotatable bonds is 3. The summed E-state index contributed by atoms with van der Waals surface area (Å²) < 4.78 is 5.23. The van der Waals surface area contributed by atoms with Crippen LogP contribution in [0.15, 0.2) is 6.20 Å². The van der Waals surface area contributed by atoms with Crippen molar-refractivity contribution >= 4 is 11.6 Å². The van der Waals surface area contributed by atoms with Gasteiger partial charge in [-0.25, -0.2) is 9.97 Å². The Morgan fingerprint density at radius 2 is 2.50 bits per heavy atom. The maximum Gasteiger partial charge on any atom is 0.269 e. The van der Waals surface area contributed by atoms with E-state index in [0.717, 1.165) is 13.0 Å². The minimum Gasteiger partial charge on any atom is -0.379 e. The van der Waals surface area contributed by atoms with E-state index in [1.165, 1.54) is 0 Å². The van der Waals surface area contributed by atoms with Gasteiger partial charge in [-0.2, -0.15) is 0 Å². The van der Waals surface area contributed by atoms with Crippen molar-refractivity contribution in [2.45, 2.75) is 19.4 Å². The van der Waals surface area contributed by atoms with E-state index in [9.17, 15) is 4.79 Å². The third-order valence-corrected chi connectivity index (χ3v) is 2.43. The molecule has 1 aromatic heterocycles. The van der Waals surface area contributed by atoms with Gasteiger partial charge in [-0.1, -0.05) is 0 Å².